The van der Waals surface area contributed by atoms with Crippen molar-refractivity contribution in [2.45, 2.75) is 39.3 Å². The van der Waals surface area contributed by atoms with Crippen molar-refractivity contribution < 1.29 is 19.4 Å². The molecule has 0 fully saturated rings. The topological polar surface area (TPSA) is 80.6 Å². The highest BCUT2D eigenvalue weighted by Gasteiger charge is 2.17. The van der Waals surface area contributed by atoms with E-state index < -0.39 is 17.6 Å². The number of nitrogens with zero attached hydrogens (tertiary/aromatic N) is 1. The number of nitrogens with one attached hydrogen (secondary N) is 1. The van der Waals surface area contributed by atoms with Crippen LogP contribution in [0.3, 0.4) is 0 Å². The van der Waals surface area contributed by atoms with E-state index in [1.807, 2.05) is 45.0 Å². The Hall–Kier alpha value is -2.50. The summed E-state index contributed by atoms with van der Waals surface area (Å²) < 4.78 is 6.94. The van der Waals surface area contributed by atoms with Crippen LogP contribution in [-0.2, 0) is 14.3 Å². The molecule has 1 unspecified atom stereocenters. The van der Waals surface area contributed by atoms with Crippen LogP contribution < -0.4 is 5.32 Å². The van der Waals surface area contributed by atoms with Crippen LogP contribution in [0.4, 0.5) is 5.69 Å². The van der Waals surface area contributed by atoms with Crippen molar-refractivity contribution in [3.05, 3.63) is 30.5 Å². The Bertz CT molecular complexity index is 728. The molecule has 0 spiro atoms. The highest BCUT2D eigenvalue weighted by molar-refractivity contribution is 5.86. The smallest absolute Gasteiger partial charge is 0.326 e. The van der Waals surface area contributed by atoms with Crippen molar-refractivity contribution in [2.75, 3.05) is 11.9 Å². The number of esters is 1. The van der Waals surface area contributed by atoms with E-state index >= 15 is 0 Å². The fourth-order valence-electron chi connectivity index (χ4n) is 2.28. The maximum atomic E-state index is 11.7. The van der Waals surface area contributed by atoms with Gasteiger partial charge >= 0.3 is 11.9 Å². The molecule has 0 bridgehead atoms. The normalized spacial score (nSPS) is 12.9. The van der Waals surface area contributed by atoms with Crippen LogP contribution in [0.1, 0.15) is 33.7 Å². The van der Waals surface area contributed by atoms with Gasteiger partial charge in [-0.05, 0) is 52.0 Å². The number of carboxylic acids is 1. The predicted molar refractivity (Wildman–Crippen MR) is 88.6 cm³/mol. The molecule has 2 N–H and O–H groups in total. The summed E-state index contributed by atoms with van der Waals surface area (Å²) in [4.78, 5) is 22.8. The maximum Gasteiger partial charge on any atom is 0.326 e. The lowest BCUT2D eigenvalue weighted by molar-refractivity contribution is -0.152. The third kappa shape index (κ3) is 4.25. The molecule has 6 heteroatoms. The minimum absolute atomic E-state index is 0.0784. The number of anilines is 1. The van der Waals surface area contributed by atoms with Crippen LogP contribution in [0.5, 0.6) is 0 Å². The van der Waals surface area contributed by atoms with Gasteiger partial charge in [-0.2, -0.15) is 0 Å². The molecule has 1 aromatic carbocycles. The molecule has 0 saturated carbocycles. The maximum absolute atomic E-state index is 11.7. The molecule has 23 heavy (non-hydrogen) atoms. The van der Waals surface area contributed by atoms with Gasteiger partial charge in [0.05, 0.1) is 0 Å². The molecule has 0 aliphatic carbocycles. The lowest BCUT2D eigenvalue weighted by Crippen LogP contribution is -2.28. The molecule has 2 aromatic rings. The van der Waals surface area contributed by atoms with Gasteiger partial charge in [-0.25, -0.2) is 4.79 Å². The van der Waals surface area contributed by atoms with Crippen molar-refractivity contribution in [3.8, 4) is 0 Å². The summed E-state index contributed by atoms with van der Waals surface area (Å²) in [6.45, 7) is 7.18. The average molecular weight is 318 g/mol. The van der Waals surface area contributed by atoms with Gasteiger partial charge in [0.1, 0.15) is 18.2 Å². The van der Waals surface area contributed by atoms with Crippen LogP contribution in [0.25, 0.3) is 10.9 Å². The zero-order chi connectivity index (χ0) is 17.2. The summed E-state index contributed by atoms with van der Waals surface area (Å²) in [6, 6.07) is 6.76. The molecule has 0 aliphatic heterocycles. The molecule has 1 heterocycles. The SMILES string of the molecule is CC(C(=O)O)n1ccc2cc(NCC(=O)OC(C)(C)C)ccc21. The lowest BCUT2D eigenvalue weighted by Gasteiger charge is -2.19. The average Bonchev–Trinajstić information content (AvgIpc) is 2.85. The van der Waals surface area contributed by atoms with Crippen molar-refractivity contribution in [2.24, 2.45) is 0 Å². The van der Waals surface area contributed by atoms with E-state index in [2.05, 4.69) is 5.32 Å². The van der Waals surface area contributed by atoms with E-state index in [9.17, 15) is 9.59 Å². The van der Waals surface area contributed by atoms with E-state index in [0.29, 0.717) is 0 Å². The number of aliphatic carboxylic acids is 1. The molecular formula is C17H22N2O4. The highest BCUT2D eigenvalue weighted by atomic mass is 16.6. The monoisotopic (exact) mass is 318 g/mol. The predicted octanol–water partition coefficient (Wildman–Crippen LogP) is 3.04. The van der Waals surface area contributed by atoms with Crippen LogP contribution in [0, 0.1) is 0 Å². The summed E-state index contributed by atoms with van der Waals surface area (Å²) in [6.07, 6.45) is 1.75. The van der Waals surface area contributed by atoms with Gasteiger partial charge in [0.15, 0.2) is 0 Å². The number of hydrogen-bond acceptors (Lipinski definition) is 4. The fourth-order valence-corrected chi connectivity index (χ4v) is 2.28. The van der Waals surface area contributed by atoms with Crippen molar-refractivity contribution in [1.82, 2.24) is 4.57 Å². The van der Waals surface area contributed by atoms with Crippen molar-refractivity contribution in [3.63, 3.8) is 0 Å². The Kier molecular flexibility index (Phi) is 4.63. The van der Waals surface area contributed by atoms with E-state index in [-0.39, 0.29) is 12.5 Å². The molecule has 0 amide bonds. The van der Waals surface area contributed by atoms with Gasteiger partial charge in [-0.3, -0.25) is 4.79 Å². The second-order valence-corrected chi connectivity index (χ2v) is 6.45. The third-order valence-corrected chi connectivity index (χ3v) is 3.35. The van der Waals surface area contributed by atoms with E-state index in [4.69, 9.17) is 9.84 Å². The molecule has 1 atom stereocenters. The quantitative estimate of drug-likeness (QED) is 0.828. The summed E-state index contributed by atoms with van der Waals surface area (Å²) in [5.41, 5.74) is 1.11. The second kappa shape index (κ2) is 6.32. The van der Waals surface area contributed by atoms with Crippen LogP contribution in [-0.4, -0.2) is 33.8 Å². The van der Waals surface area contributed by atoms with Gasteiger partial charge in [-0.15, -0.1) is 0 Å². The van der Waals surface area contributed by atoms with Gasteiger partial charge < -0.3 is 19.7 Å². The number of carbonyl (C=O) groups excluding carboxylic acids is 1. The minimum atomic E-state index is -0.880. The second-order valence-electron chi connectivity index (χ2n) is 6.45. The van der Waals surface area contributed by atoms with Crippen LogP contribution >= 0.6 is 0 Å². The van der Waals surface area contributed by atoms with Gasteiger partial charge in [0.2, 0.25) is 0 Å². The zero-order valence-electron chi connectivity index (χ0n) is 13.8. The molecule has 1 aromatic heterocycles. The van der Waals surface area contributed by atoms with Gasteiger partial charge in [-0.1, -0.05) is 0 Å². The molecule has 0 aliphatic rings. The van der Waals surface area contributed by atoms with Crippen LogP contribution in [0.15, 0.2) is 30.5 Å². The first-order chi connectivity index (χ1) is 10.7. The number of carboxylic acid groups (broad SMARTS) is 1. The number of ether oxygens (including phenoxy) is 1. The summed E-state index contributed by atoms with van der Waals surface area (Å²) >= 11 is 0. The molecule has 6 nitrogen and oxygen atoms in total. The van der Waals surface area contributed by atoms with Gasteiger partial charge in [0, 0.05) is 22.8 Å². The number of carbonyl (C=O) groups is 2. The number of benzene rings is 1. The zero-order valence-corrected chi connectivity index (χ0v) is 13.8. The number of aromatic nitrogens is 1. The molecular weight excluding hydrogens is 296 g/mol. The van der Waals surface area contributed by atoms with E-state index in [0.717, 1.165) is 16.6 Å². The number of fused-ring (bicyclic) bond motifs is 1. The Labute approximate surface area is 135 Å². The minimum Gasteiger partial charge on any atom is -0.480 e. The summed E-state index contributed by atoms with van der Waals surface area (Å²) in [5, 5.41) is 13.1. The van der Waals surface area contributed by atoms with E-state index in [1.54, 1.807) is 17.7 Å². The Morgan fingerprint density at radius 2 is 2.00 bits per heavy atom. The Morgan fingerprint density at radius 1 is 1.30 bits per heavy atom. The van der Waals surface area contributed by atoms with E-state index in [1.165, 1.54) is 0 Å². The fraction of sp³-hybridized carbons (Fsp3) is 0.412. The number of hydrogen-bond donors (Lipinski definition) is 2. The first-order valence-corrected chi connectivity index (χ1v) is 7.46. The van der Waals surface area contributed by atoms with Crippen molar-refractivity contribution in [1.29, 1.82) is 0 Å². The summed E-state index contributed by atoms with van der Waals surface area (Å²) in [7, 11) is 0. The molecule has 2 rings (SSSR count). The largest absolute Gasteiger partial charge is 0.480 e. The lowest BCUT2D eigenvalue weighted by atomic mass is 10.2. The molecule has 124 valence electrons. The standard InChI is InChI=1S/C17H22N2O4/c1-11(16(21)22)19-8-7-12-9-13(5-6-14(12)19)18-10-15(20)23-17(2,3)4/h5-9,11,18H,10H2,1-4H3,(H,21,22). The highest BCUT2D eigenvalue weighted by Crippen LogP contribution is 2.23. The van der Waals surface area contributed by atoms with Crippen molar-refractivity contribution >= 4 is 28.5 Å². The Morgan fingerprint density at radius 3 is 2.61 bits per heavy atom. The first-order valence-electron chi connectivity index (χ1n) is 7.46. The summed E-state index contributed by atoms with van der Waals surface area (Å²) in [5.74, 6) is -1.20. The molecule has 0 saturated heterocycles. The first kappa shape index (κ1) is 16.9. The van der Waals surface area contributed by atoms with Gasteiger partial charge in [0.25, 0.3) is 0 Å². The number of rotatable bonds is 5. The third-order valence-electron chi connectivity index (χ3n) is 3.35. The molecule has 0 radical (unpaired) electrons. The Balaban J connectivity index is 2.10. The van der Waals surface area contributed by atoms with Crippen LogP contribution in [0.2, 0.25) is 0 Å².